The van der Waals surface area contributed by atoms with Crippen LogP contribution in [0.3, 0.4) is 0 Å². The van der Waals surface area contributed by atoms with Crippen LogP contribution >= 0.6 is 11.8 Å². The first-order valence-electron chi connectivity index (χ1n) is 4.82. The van der Waals surface area contributed by atoms with Crippen molar-refractivity contribution < 1.29 is 13.7 Å². The molecule has 0 saturated carbocycles. The number of nitrogens with zero attached hydrogens (tertiary/aromatic N) is 2. The van der Waals surface area contributed by atoms with E-state index in [4.69, 9.17) is 8.94 Å². The summed E-state index contributed by atoms with van der Waals surface area (Å²) in [5.74, 6) is 2.49. The summed E-state index contributed by atoms with van der Waals surface area (Å²) in [6.07, 6.45) is 1.54. The molecular formula is C10H8N2O3S. The Morgan fingerprint density at radius 2 is 2.44 bits per heavy atom. The Kier molecular flexibility index (Phi) is 2.28. The number of Topliss-reactive ketones (excluding diaryl/α,β-unsaturated/α-hetero) is 1. The molecule has 1 saturated heterocycles. The lowest BCUT2D eigenvalue weighted by Crippen LogP contribution is -2.09. The normalized spacial score (nSPS) is 20.5. The molecule has 1 fully saturated rings. The van der Waals surface area contributed by atoms with Crippen molar-refractivity contribution >= 4 is 17.5 Å². The first kappa shape index (κ1) is 9.65. The molecule has 2 aromatic heterocycles. The van der Waals surface area contributed by atoms with Crippen LogP contribution in [0, 0.1) is 0 Å². The quantitative estimate of drug-likeness (QED) is 0.790. The highest BCUT2D eigenvalue weighted by Crippen LogP contribution is 2.29. The second-order valence-electron chi connectivity index (χ2n) is 3.47. The minimum absolute atomic E-state index is 0.152. The van der Waals surface area contributed by atoms with E-state index in [1.807, 2.05) is 0 Å². The number of rotatable bonds is 2. The SMILES string of the molecule is O=C1CSCC1c1nc(-c2ccco2)no1. The zero-order valence-corrected chi connectivity index (χ0v) is 9.07. The van der Waals surface area contributed by atoms with E-state index in [-0.39, 0.29) is 11.7 Å². The monoisotopic (exact) mass is 236 g/mol. The van der Waals surface area contributed by atoms with E-state index in [1.165, 1.54) is 0 Å². The van der Waals surface area contributed by atoms with Crippen molar-refractivity contribution in [3.63, 3.8) is 0 Å². The molecule has 1 aliphatic heterocycles. The van der Waals surface area contributed by atoms with E-state index >= 15 is 0 Å². The van der Waals surface area contributed by atoms with Gasteiger partial charge in [0.15, 0.2) is 11.5 Å². The van der Waals surface area contributed by atoms with Crippen LogP contribution < -0.4 is 0 Å². The standard InChI is InChI=1S/C10H8N2O3S/c13-7-5-16-4-6(7)10-11-9(12-15-10)8-2-1-3-14-8/h1-3,6H,4-5H2. The van der Waals surface area contributed by atoms with Crippen LogP contribution in [-0.4, -0.2) is 27.4 Å². The predicted octanol–water partition coefficient (Wildman–Crippen LogP) is 1.73. The van der Waals surface area contributed by atoms with E-state index in [0.717, 1.165) is 5.75 Å². The van der Waals surface area contributed by atoms with Crippen molar-refractivity contribution in [3.8, 4) is 11.6 Å². The molecule has 0 spiro atoms. The molecule has 3 heterocycles. The molecule has 0 bridgehead atoms. The average Bonchev–Trinajstić information content (AvgIpc) is 2.96. The molecule has 16 heavy (non-hydrogen) atoms. The van der Waals surface area contributed by atoms with Crippen LogP contribution in [0.5, 0.6) is 0 Å². The van der Waals surface area contributed by atoms with Crippen LogP contribution in [0.25, 0.3) is 11.6 Å². The van der Waals surface area contributed by atoms with Crippen molar-refractivity contribution in [2.45, 2.75) is 5.92 Å². The van der Waals surface area contributed by atoms with Crippen molar-refractivity contribution in [1.82, 2.24) is 10.1 Å². The Balaban J connectivity index is 1.91. The van der Waals surface area contributed by atoms with Crippen LogP contribution in [0.4, 0.5) is 0 Å². The third-order valence-corrected chi connectivity index (χ3v) is 3.46. The number of hydrogen-bond donors (Lipinski definition) is 0. The maximum Gasteiger partial charge on any atom is 0.238 e. The molecule has 0 N–H and O–H groups in total. The molecule has 2 aromatic rings. The van der Waals surface area contributed by atoms with E-state index in [2.05, 4.69) is 10.1 Å². The van der Waals surface area contributed by atoms with Gasteiger partial charge in [0.1, 0.15) is 5.92 Å². The summed E-state index contributed by atoms with van der Waals surface area (Å²) >= 11 is 1.59. The van der Waals surface area contributed by atoms with Crippen LogP contribution in [-0.2, 0) is 4.79 Å². The molecule has 0 aromatic carbocycles. The molecule has 5 nitrogen and oxygen atoms in total. The first-order chi connectivity index (χ1) is 7.84. The number of carbonyl (C=O) groups is 1. The molecule has 0 radical (unpaired) electrons. The molecule has 0 amide bonds. The third-order valence-electron chi connectivity index (χ3n) is 2.40. The highest BCUT2D eigenvalue weighted by Gasteiger charge is 2.31. The molecular weight excluding hydrogens is 228 g/mol. The minimum Gasteiger partial charge on any atom is -0.461 e. The summed E-state index contributed by atoms with van der Waals surface area (Å²) < 4.78 is 10.2. The fourth-order valence-corrected chi connectivity index (χ4v) is 2.65. The summed E-state index contributed by atoms with van der Waals surface area (Å²) in [6.45, 7) is 0. The molecule has 1 aliphatic rings. The van der Waals surface area contributed by atoms with Crippen LogP contribution in [0.2, 0.25) is 0 Å². The largest absolute Gasteiger partial charge is 0.461 e. The molecule has 82 valence electrons. The second kappa shape index (κ2) is 3.79. The van der Waals surface area contributed by atoms with Gasteiger partial charge in [0.2, 0.25) is 11.7 Å². The Morgan fingerprint density at radius 3 is 3.12 bits per heavy atom. The van der Waals surface area contributed by atoms with Crippen LogP contribution in [0.1, 0.15) is 11.8 Å². The van der Waals surface area contributed by atoms with E-state index in [9.17, 15) is 4.79 Å². The van der Waals surface area contributed by atoms with Gasteiger partial charge in [0.25, 0.3) is 0 Å². The number of ketones is 1. The zero-order chi connectivity index (χ0) is 11.0. The fraction of sp³-hybridized carbons (Fsp3) is 0.300. The molecule has 6 heteroatoms. The van der Waals surface area contributed by atoms with Crippen LogP contribution in [0.15, 0.2) is 27.3 Å². The Bertz CT molecular complexity index is 506. The lowest BCUT2D eigenvalue weighted by molar-refractivity contribution is -0.117. The summed E-state index contributed by atoms with van der Waals surface area (Å²) in [4.78, 5) is 15.7. The average molecular weight is 236 g/mol. The zero-order valence-electron chi connectivity index (χ0n) is 8.25. The minimum atomic E-state index is -0.249. The van der Waals surface area contributed by atoms with Gasteiger partial charge >= 0.3 is 0 Å². The van der Waals surface area contributed by atoms with Gasteiger partial charge in [0.05, 0.1) is 12.0 Å². The second-order valence-corrected chi connectivity index (χ2v) is 4.50. The lowest BCUT2D eigenvalue weighted by Gasteiger charge is -1.97. The topological polar surface area (TPSA) is 69.1 Å². The number of hydrogen-bond acceptors (Lipinski definition) is 6. The highest BCUT2D eigenvalue weighted by molar-refractivity contribution is 8.00. The van der Waals surface area contributed by atoms with E-state index < -0.39 is 0 Å². The van der Waals surface area contributed by atoms with Crippen molar-refractivity contribution in [1.29, 1.82) is 0 Å². The summed E-state index contributed by atoms with van der Waals surface area (Å²) in [7, 11) is 0. The summed E-state index contributed by atoms with van der Waals surface area (Å²) in [5, 5.41) is 3.80. The number of thioether (sulfide) groups is 1. The van der Waals surface area contributed by atoms with E-state index in [0.29, 0.717) is 23.2 Å². The number of carbonyl (C=O) groups excluding carboxylic acids is 1. The highest BCUT2D eigenvalue weighted by atomic mass is 32.2. The fourth-order valence-electron chi connectivity index (χ4n) is 1.56. The maximum absolute atomic E-state index is 11.5. The molecule has 0 aliphatic carbocycles. The Morgan fingerprint density at radius 1 is 1.50 bits per heavy atom. The molecule has 3 rings (SSSR count). The number of furan rings is 1. The van der Waals surface area contributed by atoms with Crippen molar-refractivity contribution in [2.24, 2.45) is 0 Å². The van der Waals surface area contributed by atoms with Gasteiger partial charge in [-0.05, 0) is 12.1 Å². The lowest BCUT2D eigenvalue weighted by atomic mass is 10.1. The Hall–Kier alpha value is -1.56. The molecule has 1 unspecified atom stereocenters. The number of aromatic nitrogens is 2. The Labute approximate surface area is 95.2 Å². The van der Waals surface area contributed by atoms with Gasteiger partial charge in [-0.1, -0.05) is 5.16 Å². The van der Waals surface area contributed by atoms with Gasteiger partial charge in [-0.15, -0.1) is 0 Å². The van der Waals surface area contributed by atoms with Gasteiger partial charge in [0, 0.05) is 5.75 Å². The first-order valence-corrected chi connectivity index (χ1v) is 5.98. The van der Waals surface area contributed by atoms with Gasteiger partial charge in [-0.25, -0.2) is 0 Å². The van der Waals surface area contributed by atoms with Gasteiger partial charge in [-0.2, -0.15) is 16.7 Å². The van der Waals surface area contributed by atoms with Crippen molar-refractivity contribution in [2.75, 3.05) is 11.5 Å². The summed E-state index contributed by atoms with van der Waals surface area (Å²) in [6, 6.07) is 3.50. The van der Waals surface area contributed by atoms with Crippen molar-refractivity contribution in [3.05, 3.63) is 24.3 Å². The van der Waals surface area contributed by atoms with Gasteiger partial charge in [-0.3, -0.25) is 4.79 Å². The molecule has 1 atom stereocenters. The van der Waals surface area contributed by atoms with Gasteiger partial charge < -0.3 is 8.94 Å². The maximum atomic E-state index is 11.5. The third kappa shape index (κ3) is 1.55. The van der Waals surface area contributed by atoms with E-state index in [1.54, 1.807) is 30.2 Å². The smallest absolute Gasteiger partial charge is 0.238 e. The summed E-state index contributed by atoms with van der Waals surface area (Å²) in [5.41, 5.74) is 0. The predicted molar refractivity (Wildman–Crippen MR) is 57.1 cm³/mol.